The number of carbonyl (C=O) groups is 1. The van der Waals surface area contributed by atoms with E-state index in [-0.39, 0.29) is 17.1 Å². The van der Waals surface area contributed by atoms with Crippen LogP contribution in [0.5, 0.6) is 5.75 Å². The standard InChI is InChI=1S/C17H19N3O6S/c1-12-5-4-6-13(9-12)19(27(3,24)25)11-17(21)18-15-10-14(20(22)23)7-8-16(15)26-2/h4-10H,11H2,1-3H3,(H,18,21). The summed E-state index contributed by atoms with van der Waals surface area (Å²) in [6, 6.07) is 10.4. The lowest BCUT2D eigenvalue weighted by Crippen LogP contribution is -2.37. The summed E-state index contributed by atoms with van der Waals surface area (Å²) >= 11 is 0. The second-order valence-corrected chi connectivity index (χ2v) is 7.71. The van der Waals surface area contributed by atoms with Crippen molar-refractivity contribution < 1.29 is 22.9 Å². The van der Waals surface area contributed by atoms with Crippen LogP contribution in [0.1, 0.15) is 5.56 Å². The number of hydrogen-bond acceptors (Lipinski definition) is 6. The Morgan fingerprint density at radius 3 is 2.52 bits per heavy atom. The van der Waals surface area contributed by atoms with E-state index < -0.39 is 27.4 Å². The van der Waals surface area contributed by atoms with Gasteiger partial charge in [-0.05, 0) is 30.7 Å². The number of amides is 1. The molecule has 0 aromatic heterocycles. The van der Waals surface area contributed by atoms with Gasteiger partial charge in [0.1, 0.15) is 12.3 Å². The van der Waals surface area contributed by atoms with Crippen LogP contribution in [0.2, 0.25) is 0 Å². The smallest absolute Gasteiger partial charge is 0.271 e. The molecule has 0 saturated heterocycles. The van der Waals surface area contributed by atoms with E-state index in [4.69, 9.17) is 4.74 Å². The first-order valence-electron chi connectivity index (χ1n) is 7.78. The third-order valence-corrected chi connectivity index (χ3v) is 4.79. The van der Waals surface area contributed by atoms with Gasteiger partial charge in [-0.3, -0.25) is 19.2 Å². The molecule has 2 aromatic rings. The average Bonchev–Trinajstić information content (AvgIpc) is 2.58. The van der Waals surface area contributed by atoms with E-state index in [1.165, 1.54) is 19.2 Å². The SMILES string of the molecule is COc1ccc([N+](=O)[O-])cc1NC(=O)CN(c1cccc(C)c1)S(C)(=O)=O. The number of ether oxygens (including phenoxy) is 1. The van der Waals surface area contributed by atoms with Gasteiger partial charge in [-0.1, -0.05) is 12.1 Å². The van der Waals surface area contributed by atoms with Gasteiger partial charge in [0.2, 0.25) is 15.9 Å². The van der Waals surface area contributed by atoms with Gasteiger partial charge in [0.15, 0.2) is 0 Å². The van der Waals surface area contributed by atoms with Gasteiger partial charge < -0.3 is 10.1 Å². The van der Waals surface area contributed by atoms with E-state index in [1.807, 2.05) is 0 Å². The predicted octanol–water partition coefficient (Wildman–Crippen LogP) is 2.32. The molecule has 0 bridgehead atoms. The molecule has 0 fully saturated rings. The number of benzene rings is 2. The van der Waals surface area contributed by atoms with Crippen LogP contribution in [0.25, 0.3) is 0 Å². The van der Waals surface area contributed by atoms with Crippen molar-refractivity contribution in [3.63, 3.8) is 0 Å². The van der Waals surface area contributed by atoms with Crippen LogP contribution in [0.4, 0.5) is 17.1 Å². The van der Waals surface area contributed by atoms with E-state index in [0.29, 0.717) is 5.69 Å². The zero-order chi connectivity index (χ0) is 20.2. The van der Waals surface area contributed by atoms with Gasteiger partial charge in [0.25, 0.3) is 5.69 Å². The van der Waals surface area contributed by atoms with Gasteiger partial charge in [0, 0.05) is 12.1 Å². The first-order valence-corrected chi connectivity index (χ1v) is 9.63. The molecule has 1 amide bonds. The van der Waals surface area contributed by atoms with Crippen molar-refractivity contribution in [3.05, 3.63) is 58.1 Å². The average molecular weight is 393 g/mol. The van der Waals surface area contributed by atoms with Crippen molar-refractivity contribution >= 4 is 33.0 Å². The molecular weight excluding hydrogens is 374 g/mol. The number of nitrogens with one attached hydrogen (secondary N) is 1. The zero-order valence-corrected chi connectivity index (χ0v) is 15.8. The number of nitro groups is 1. The molecular formula is C17H19N3O6S. The summed E-state index contributed by atoms with van der Waals surface area (Å²) in [5.41, 5.74) is 1.03. The molecule has 0 aliphatic heterocycles. The number of methoxy groups -OCH3 is 1. The van der Waals surface area contributed by atoms with Crippen molar-refractivity contribution in [2.45, 2.75) is 6.92 Å². The third-order valence-electron chi connectivity index (χ3n) is 3.65. The summed E-state index contributed by atoms with van der Waals surface area (Å²) in [6.07, 6.45) is 0.997. The first kappa shape index (κ1) is 20.2. The van der Waals surface area contributed by atoms with Crippen molar-refractivity contribution in [1.29, 1.82) is 0 Å². The van der Waals surface area contributed by atoms with E-state index in [1.54, 1.807) is 31.2 Å². The lowest BCUT2D eigenvalue weighted by atomic mass is 10.2. The molecule has 27 heavy (non-hydrogen) atoms. The van der Waals surface area contributed by atoms with Crippen LogP contribution in [-0.2, 0) is 14.8 Å². The first-order chi connectivity index (χ1) is 12.6. The molecule has 10 heteroatoms. The summed E-state index contributed by atoms with van der Waals surface area (Å²) in [5, 5.41) is 13.4. The minimum Gasteiger partial charge on any atom is -0.495 e. The maximum Gasteiger partial charge on any atom is 0.271 e. The molecule has 0 unspecified atom stereocenters. The second-order valence-electron chi connectivity index (χ2n) is 5.80. The van der Waals surface area contributed by atoms with Crippen LogP contribution >= 0.6 is 0 Å². The van der Waals surface area contributed by atoms with E-state index in [0.717, 1.165) is 22.2 Å². The van der Waals surface area contributed by atoms with Crippen molar-refractivity contribution in [1.82, 2.24) is 0 Å². The number of hydrogen-bond donors (Lipinski definition) is 1. The molecule has 0 spiro atoms. The number of anilines is 2. The van der Waals surface area contributed by atoms with Crippen LogP contribution in [0.15, 0.2) is 42.5 Å². The van der Waals surface area contributed by atoms with E-state index in [2.05, 4.69) is 5.32 Å². The molecule has 0 saturated carbocycles. The number of rotatable bonds is 7. The maximum absolute atomic E-state index is 12.4. The van der Waals surface area contributed by atoms with Crippen molar-refractivity contribution in [2.75, 3.05) is 29.5 Å². The Bertz CT molecular complexity index is 974. The fourth-order valence-electron chi connectivity index (χ4n) is 2.41. The fraction of sp³-hybridized carbons (Fsp3) is 0.235. The molecule has 2 rings (SSSR count). The number of nitrogens with zero attached hydrogens (tertiary/aromatic N) is 2. The minimum atomic E-state index is -3.73. The third kappa shape index (κ3) is 5.17. The molecule has 0 heterocycles. The Labute approximate surface area is 156 Å². The molecule has 1 N–H and O–H groups in total. The van der Waals surface area contributed by atoms with Crippen LogP contribution in [0.3, 0.4) is 0 Å². The van der Waals surface area contributed by atoms with Gasteiger partial charge in [-0.25, -0.2) is 8.42 Å². The molecule has 2 aromatic carbocycles. The van der Waals surface area contributed by atoms with Gasteiger partial charge in [-0.15, -0.1) is 0 Å². The largest absolute Gasteiger partial charge is 0.495 e. The zero-order valence-electron chi connectivity index (χ0n) is 15.0. The van der Waals surface area contributed by atoms with Crippen LogP contribution in [-0.4, -0.2) is 39.2 Å². The van der Waals surface area contributed by atoms with Gasteiger partial charge >= 0.3 is 0 Å². The monoisotopic (exact) mass is 393 g/mol. The Morgan fingerprint density at radius 1 is 1.26 bits per heavy atom. The number of carbonyl (C=O) groups excluding carboxylic acids is 1. The Morgan fingerprint density at radius 2 is 1.96 bits per heavy atom. The Balaban J connectivity index is 2.29. The molecule has 144 valence electrons. The quantitative estimate of drug-likeness (QED) is 0.569. The summed E-state index contributed by atoms with van der Waals surface area (Å²) in [5.74, 6) is -0.448. The predicted molar refractivity (Wildman–Crippen MR) is 102 cm³/mol. The topological polar surface area (TPSA) is 119 Å². The van der Waals surface area contributed by atoms with Gasteiger partial charge in [-0.2, -0.15) is 0 Å². The maximum atomic E-state index is 12.4. The number of non-ortho nitro benzene ring substituents is 1. The Hall–Kier alpha value is -3.14. The van der Waals surface area contributed by atoms with Crippen molar-refractivity contribution in [3.8, 4) is 5.75 Å². The van der Waals surface area contributed by atoms with Crippen LogP contribution < -0.4 is 14.4 Å². The summed E-state index contributed by atoms with van der Waals surface area (Å²) in [4.78, 5) is 22.8. The lowest BCUT2D eigenvalue weighted by Gasteiger charge is -2.22. The second kappa shape index (κ2) is 8.04. The van der Waals surface area contributed by atoms with E-state index >= 15 is 0 Å². The highest BCUT2D eigenvalue weighted by Gasteiger charge is 2.22. The summed E-state index contributed by atoms with van der Waals surface area (Å²) in [6.45, 7) is 1.31. The molecule has 9 nitrogen and oxygen atoms in total. The normalized spacial score (nSPS) is 10.9. The molecule has 0 aliphatic rings. The number of aryl methyl sites for hydroxylation is 1. The highest BCUT2D eigenvalue weighted by molar-refractivity contribution is 7.92. The number of nitro benzene ring substituents is 1. The fourth-order valence-corrected chi connectivity index (χ4v) is 3.26. The summed E-state index contributed by atoms with van der Waals surface area (Å²) in [7, 11) is -2.37. The number of sulfonamides is 1. The summed E-state index contributed by atoms with van der Waals surface area (Å²) < 4.78 is 30.3. The minimum absolute atomic E-state index is 0.0781. The van der Waals surface area contributed by atoms with Crippen LogP contribution in [0, 0.1) is 17.0 Å². The highest BCUT2D eigenvalue weighted by Crippen LogP contribution is 2.29. The highest BCUT2D eigenvalue weighted by atomic mass is 32.2. The lowest BCUT2D eigenvalue weighted by molar-refractivity contribution is -0.384. The Kier molecular flexibility index (Phi) is 6.01. The van der Waals surface area contributed by atoms with Gasteiger partial charge in [0.05, 0.1) is 29.7 Å². The molecule has 0 aliphatic carbocycles. The van der Waals surface area contributed by atoms with E-state index in [9.17, 15) is 23.3 Å². The molecule has 0 radical (unpaired) electrons. The van der Waals surface area contributed by atoms with Crippen molar-refractivity contribution in [2.24, 2.45) is 0 Å². The molecule has 0 atom stereocenters.